The Morgan fingerprint density at radius 1 is 1.11 bits per heavy atom. The number of aromatic nitrogens is 4. The Kier molecular flexibility index (Phi) is 6.88. The molecule has 1 aliphatic rings. The number of hydrogen-bond acceptors (Lipinski definition) is 9. The summed E-state index contributed by atoms with van der Waals surface area (Å²) in [7, 11) is 1.94. The Hall–Kier alpha value is -3.73. The number of ether oxygens (including phenoxy) is 1. The fraction of sp³-hybridized carbons (Fsp3) is 0.458. The first-order valence-electron chi connectivity index (χ1n) is 11.7. The normalized spacial score (nSPS) is 18.3. The van der Waals surface area contributed by atoms with Gasteiger partial charge in [-0.3, -0.25) is 9.36 Å². The predicted molar refractivity (Wildman–Crippen MR) is 134 cm³/mol. The van der Waals surface area contributed by atoms with Crippen LogP contribution >= 0.6 is 0 Å². The van der Waals surface area contributed by atoms with Crippen LogP contribution in [0.25, 0.3) is 10.9 Å². The lowest BCUT2D eigenvalue weighted by Crippen LogP contribution is -2.45. The molecule has 2 atom stereocenters. The number of nitrogens with one attached hydrogen (secondary N) is 3. The smallest absolute Gasteiger partial charge is 0.419 e. The van der Waals surface area contributed by atoms with Gasteiger partial charge < -0.3 is 26.4 Å². The summed E-state index contributed by atoms with van der Waals surface area (Å²) >= 11 is 0. The molecule has 11 heteroatoms. The van der Waals surface area contributed by atoms with E-state index in [4.69, 9.17) is 10.5 Å². The number of rotatable bonds is 6. The lowest BCUT2D eigenvalue weighted by molar-refractivity contribution is 0.0544. The van der Waals surface area contributed by atoms with Crippen LogP contribution in [0.2, 0.25) is 0 Å². The molecule has 1 aromatic carbocycles. The zero-order valence-corrected chi connectivity index (χ0v) is 20.5. The van der Waals surface area contributed by atoms with Crippen molar-refractivity contribution < 1.29 is 14.3 Å². The number of amides is 1. The zero-order chi connectivity index (χ0) is 25.2. The number of para-hydroxylation sites is 1. The van der Waals surface area contributed by atoms with E-state index in [-0.39, 0.29) is 23.6 Å². The first-order valence-corrected chi connectivity index (χ1v) is 11.7. The highest BCUT2D eigenvalue weighted by Gasteiger charge is 2.26. The van der Waals surface area contributed by atoms with Crippen molar-refractivity contribution in [2.24, 2.45) is 5.73 Å². The van der Waals surface area contributed by atoms with Crippen LogP contribution in [-0.2, 0) is 4.74 Å². The molecule has 186 valence electrons. The molecule has 3 aromatic rings. The van der Waals surface area contributed by atoms with Crippen LogP contribution in [-0.4, -0.2) is 56.5 Å². The number of carbonyl (C=O) groups is 2. The fourth-order valence-electron chi connectivity index (χ4n) is 4.34. The highest BCUT2D eigenvalue weighted by atomic mass is 16.6. The monoisotopic (exact) mass is 480 g/mol. The van der Waals surface area contributed by atoms with E-state index in [1.165, 1.54) is 4.57 Å². The summed E-state index contributed by atoms with van der Waals surface area (Å²) in [5, 5.41) is 18.7. The van der Waals surface area contributed by atoms with Crippen LogP contribution in [0, 0.1) is 0 Å². The predicted octanol–water partition coefficient (Wildman–Crippen LogP) is 3.39. The third-order valence-corrected chi connectivity index (χ3v) is 5.93. The van der Waals surface area contributed by atoms with Crippen molar-refractivity contribution in [3.63, 3.8) is 0 Å². The van der Waals surface area contributed by atoms with Crippen LogP contribution < -0.4 is 21.7 Å². The summed E-state index contributed by atoms with van der Waals surface area (Å²) in [6.45, 7) is 5.42. The molecule has 1 saturated carbocycles. The lowest BCUT2D eigenvalue weighted by Gasteiger charge is -2.31. The lowest BCUT2D eigenvalue weighted by atomic mass is 9.90. The molecule has 0 spiro atoms. The number of primary amides is 1. The maximum absolute atomic E-state index is 12.8. The van der Waals surface area contributed by atoms with Gasteiger partial charge in [0.15, 0.2) is 11.5 Å². The van der Waals surface area contributed by atoms with Gasteiger partial charge in [0.05, 0.1) is 11.2 Å². The molecule has 0 bridgehead atoms. The average molecular weight is 481 g/mol. The van der Waals surface area contributed by atoms with Gasteiger partial charge in [0.2, 0.25) is 5.95 Å². The average Bonchev–Trinajstić information content (AvgIpc) is 3.24. The van der Waals surface area contributed by atoms with Gasteiger partial charge in [-0.15, -0.1) is 10.2 Å². The third-order valence-electron chi connectivity index (χ3n) is 5.93. The van der Waals surface area contributed by atoms with Crippen molar-refractivity contribution in [1.82, 2.24) is 25.1 Å². The maximum Gasteiger partial charge on any atom is 0.419 e. The second kappa shape index (κ2) is 9.87. The molecule has 0 aliphatic heterocycles. The standard InChI is InChI=1S/C24H32N8O3/c1-24(2,3)35-23(34)32-13-12-14-8-7-11-17(19(14)32)27-21-18(20(25)33)30-31-22(29-21)28-16-10-6-5-9-15(16)26-4/h7-8,11-13,15-16,26H,5-6,9-10H2,1-4H3,(H2,25,33)(H2,27,28,29,31)/t15-,16+/m0/s1. The highest BCUT2D eigenvalue weighted by molar-refractivity contribution is 6.01. The Labute approximate surface area is 203 Å². The van der Waals surface area contributed by atoms with Crippen LogP contribution in [0.3, 0.4) is 0 Å². The highest BCUT2D eigenvalue weighted by Crippen LogP contribution is 2.29. The van der Waals surface area contributed by atoms with Gasteiger partial charge in [-0.2, -0.15) is 4.98 Å². The molecule has 0 radical (unpaired) electrons. The fourth-order valence-corrected chi connectivity index (χ4v) is 4.34. The van der Waals surface area contributed by atoms with Crippen LogP contribution in [0.4, 0.5) is 22.2 Å². The van der Waals surface area contributed by atoms with Crippen LogP contribution in [0.5, 0.6) is 0 Å². The molecular weight excluding hydrogens is 448 g/mol. The molecule has 35 heavy (non-hydrogen) atoms. The van der Waals surface area contributed by atoms with Gasteiger partial charge in [-0.1, -0.05) is 25.0 Å². The van der Waals surface area contributed by atoms with Crippen molar-refractivity contribution in [2.75, 3.05) is 17.7 Å². The van der Waals surface area contributed by atoms with Crippen LogP contribution in [0.1, 0.15) is 56.9 Å². The topological polar surface area (TPSA) is 149 Å². The largest absolute Gasteiger partial charge is 0.443 e. The SMILES string of the molecule is CN[C@H]1CCCC[C@H]1Nc1nnc(C(N)=O)c(Nc2cccc3ccn(C(=O)OC(C)(C)C)c23)n1. The molecule has 2 heterocycles. The second-order valence-corrected chi connectivity index (χ2v) is 9.66. The van der Waals surface area contributed by atoms with E-state index in [1.54, 1.807) is 33.0 Å². The first-order chi connectivity index (χ1) is 16.7. The first kappa shape index (κ1) is 24.4. The Morgan fingerprint density at radius 3 is 2.54 bits per heavy atom. The van der Waals surface area contributed by atoms with Gasteiger partial charge in [-0.05, 0) is 52.8 Å². The summed E-state index contributed by atoms with van der Waals surface area (Å²) in [5.41, 5.74) is 5.92. The molecule has 1 aliphatic carbocycles. The van der Waals surface area contributed by atoms with Crippen molar-refractivity contribution >= 4 is 40.4 Å². The van der Waals surface area contributed by atoms with Crippen molar-refractivity contribution in [1.29, 1.82) is 0 Å². The molecule has 0 saturated heterocycles. The van der Waals surface area contributed by atoms with E-state index < -0.39 is 17.6 Å². The van der Waals surface area contributed by atoms with Crippen molar-refractivity contribution in [3.8, 4) is 0 Å². The van der Waals surface area contributed by atoms with Gasteiger partial charge >= 0.3 is 6.09 Å². The third kappa shape index (κ3) is 5.51. The van der Waals surface area contributed by atoms with Crippen molar-refractivity contribution in [2.45, 2.75) is 64.1 Å². The second-order valence-electron chi connectivity index (χ2n) is 9.66. The Bertz CT molecular complexity index is 1230. The number of hydrogen-bond donors (Lipinski definition) is 4. The number of nitrogens with two attached hydrogens (primary N) is 1. The number of anilines is 3. The van der Waals surface area contributed by atoms with E-state index in [2.05, 4.69) is 31.1 Å². The minimum atomic E-state index is -0.764. The van der Waals surface area contributed by atoms with E-state index in [9.17, 15) is 9.59 Å². The zero-order valence-electron chi connectivity index (χ0n) is 20.5. The number of benzene rings is 1. The summed E-state index contributed by atoms with van der Waals surface area (Å²) in [6, 6.07) is 7.72. The summed E-state index contributed by atoms with van der Waals surface area (Å²) in [5.74, 6) is -0.324. The number of carbonyl (C=O) groups excluding carboxylic acids is 2. The molecule has 4 rings (SSSR count). The summed E-state index contributed by atoms with van der Waals surface area (Å²) in [4.78, 5) is 29.4. The molecule has 2 aromatic heterocycles. The Balaban J connectivity index is 1.69. The number of nitrogens with zero attached hydrogens (tertiary/aromatic N) is 4. The molecule has 11 nitrogen and oxygen atoms in total. The van der Waals surface area contributed by atoms with Crippen LogP contribution in [0.15, 0.2) is 30.5 Å². The van der Waals surface area contributed by atoms with Gasteiger partial charge in [0.25, 0.3) is 5.91 Å². The minimum absolute atomic E-state index is 0.100. The summed E-state index contributed by atoms with van der Waals surface area (Å²) < 4.78 is 6.97. The number of fused-ring (bicyclic) bond motifs is 1. The minimum Gasteiger partial charge on any atom is -0.443 e. The molecular formula is C24H32N8O3. The van der Waals surface area contributed by atoms with Gasteiger partial charge in [0.1, 0.15) is 5.60 Å². The van der Waals surface area contributed by atoms with E-state index in [0.717, 1.165) is 31.1 Å². The molecule has 5 N–H and O–H groups in total. The van der Waals surface area contributed by atoms with E-state index in [0.29, 0.717) is 17.2 Å². The van der Waals surface area contributed by atoms with Gasteiger partial charge in [-0.25, -0.2) is 4.79 Å². The van der Waals surface area contributed by atoms with E-state index >= 15 is 0 Å². The van der Waals surface area contributed by atoms with Crippen molar-refractivity contribution in [3.05, 3.63) is 36.2 Å². The maximum atomic E-state index is 12.8. The van der Waals surface area contributed by atoms with Gasteiger partial charge in [0, 0.05) is 23.7 Å². The Morgan fingerprint density at radius 2 is 1.86 bits per heavy atom. The molecule has 1 amide bonds. The number of likely N-dealkylation sites (N-methyl/N-ethyl adjacent to an activating group) is 1. The quantitative estimate of drug-likeness (QED) is 0.416. The molecule has 0 unspecified atom stereocenters. The molecule has 1 fully saturated rings. The van der Waals surface area contributed by atoms with E-state index in [1.807, 2.05) is 25.2 Å². The summed E-state index contributed by atoms with van der Waals surface area (Å²) in [6.07, 6.45) is 5.42.